The van der Waals surface area contributed by atoms with Gasteiger partial charge in [-0.25, -0.2) is 15.0 Å². The van der Waals surface area contributed by atoms with E-state index in [1.54, 1.807) is 6.20 Å². The molecule has 0 spiro atoms. The van der Waals surface area contributed by atoms with Crippen molar-refractivity contribution in [1.82, 2.24) is 19.9 Å². The summed E-state index contributed by atoms with van der Waals surface area (Å²) in [6, 6.07) is 5.92. The van der Waals surface area contributed by atoms with Crippen molar-refractivity contribution >= 4 is 28.6 Å². The molecule has 3 aromatic heterocycles. The molecular formula is C22H26N6O2. The van der Waals surface area contributed by atoms with E-state index in [4.69, 9.17) is 4.42 Å². The molecule has 0 radical (unpaired) electrons. The van der Waals surface area contributed by atoms with Crippen molar-refractivity contribution in [3.05, 3.63) is 42.0 Å². The molecule has 2 fully saturated rings. The number of pyridine rings is 1. The number of fused-ring (bicyclic) bond motifs is 1. The molecule has 3 aromatic rings. The minimum Gasteiger partial charge on any atom is -0.442 e. The van der Waals surface area contributed by atoms with Crippen LogP contribution in [0.5, 0.6) is 0 Å². The number of nitrogens with zero attached hydrogens (tertiary/aromatic N) is 5. The minimum absolute atomic E-state index is 0.0204. The Morgan fingerprint density at radius 1 is 1.13 bits per heavy atom. The summed E-state index contributed by atoms with van der Waals surface area (Å²) >= 11 is 0. The Bertz CT molecular complexity index is 1080. The molecule has 156 valence electrons. The van der Waals surface area contributed by atoms with Crippen LogP contribution in [0.15, 0.2) is 35.1 Å². The summed E-state index contributed by atoms with van der Waals surface area (Å²) in [5.74, 6) is 2.21. The smallest absolute Gasteiger partial charge is 0.258 e. The van der Waals surface area contributed by atoms with Crippen LogP contribution in [0.3, 0.4) is 0 Å². The molecule has 1 amide bonds. The Balaban J connectivity index is 1.42. The molecule has 1 aliphatic carbocycles. The van der Waals surface area contributed by atoms with E-state index in [9.17, 15) is 4.79 Å². The van der Waals surface area contributed by atoms with Gasteiger partial charge < -0.3 is 19.5 Å². The van der Waals surface area contributed by atoms with Crippen LogP contribution in [-0.2, 0) is 0 Å². The number of carbonyl (C=O) groups excluding carboxylic acids is 1. The van der Waals surface area contributed by atoms with E-state index < -0.39 is 0 Å². The highest BCUT2D eigenvalue weighted by Crippen LogP contribution is 2.40. The molecule has 1 N–H and O–H groups in total. The lowest BCUT2D eigenvalue weighted by molar-refractivity contribution is 0.0767. The van der Waals surface area contributed by atoms with Gasteiger partial charge in [-0.05, 0) is 45.2 Å². The van der Waals surface area contributed by atoms with E-state index >= 15 is 0 Å². The molecule has 5 rings (SSSR count). The van der Waals surface area contributed by atoms with Gasteiger partial charge >= 0.3 is 0 Å². The highest BCUT2D eigenvalue weighted by Gasteiger charge is 2.39. The first-order chi connectivity index (χ1) is 14.5. The number of rotatable bonds is 4. The van der Waals surface area contributed by atoms with Crippen LogP contribution in [0.4, 0.5) is 11.6 Å². The van der Waals surface area contributed by atoms with E-state index in [1.807, 2.05) is 30.0 Å². The van der Waals surface area contributed by atoms with Crippen molar-refractivity contribution < 1.29 is 9.21 Å². The largest absolute Gasteiger partial charge is 0.442 e. The maximum Gasteiger partial charge on any atom is 0.258 e. The van der Waals surface area contributed by atoms with Gasteiger partial charge in [0.2, 0.25) is 5.71 Å². The second kappa shape index (κ2) is 7.27. The predicted molar refractivity (Wildman–Crippen MR) is 115 cm³/mol. The van der Waals surface area contributed by atoms with Gasteiger partial charge in [0.05, 0.1) is 10.9 Å². The van der Waals surface area contributed by atoms with E-state index in [0.717, 1.165) is 38.2 Å². The van der Waals surface area contributed by atoms with Gasteiger partial charge in [0.15, 0.2) is 0 Å². The molecule has 0 atom stereocenters. The molecule has 1 aliphatic heterocycles. The fourth-order valence-electron chi connectivity index (χ4n) is 4.04. The highest BCUT2D eigenvalue weighted by atomic mass is 16.3. The molecule has 4 heterocycles. The zero-order valence-electron chi connectivity index (χ0n) is 17.4. The third kappa shape index (κ3) is 3.46. The van der Waals surface area contributed by atoms with Crippen LogP contribution in [-0.4, -0.2) is 57.5 Å². The van der Waals surface area contributed by atoms with E-state index in [0.29, 0.717) is 41.3 Å². The number of hydrogen-bond acceptors (Lipinski definition) is 7. The quantitative estimate of drug-likeness (QED) is 0.712. The molecular weight excluding hydrogens is 380 g/mol. The lowest BCUT2D eigenvalue weighted by atomic mass is 10.1. The van der Waals surface area contributed by atoms with Crippen molar-refractivity contribution in [3.63, 3.8) is 0 Å². The second-order valence-electron chi connectivity index (χ2n) is 8.44. The molecule has 8 heteroatoms. The van der Waals surface area contributed by atoms with Crippen molar-refractivity contribution in [2.45, 2.75) is 38.6 Å². The number of anilines is 2. The average molecular weight is 406 g/mol. The van der Waals surface area contributed by atoms with Gasteiger partial charge in [0.1, 0.15) is 23.7 Å². The lowest BCUT2D eigenvalue weighted by Gasteiger charge is -2.23. The van der Waals surface area contributed by atoms with Gasteiger partial charge in [0, 0.05) is 37.9 Å². The van der Waals surface area contributed by atoms with Crippen LogP contribution in [0.1, 0.15) is 42.3 Å². The van der Waals surface area contributed by atoms with Gasteiger partial charge in [0.25, 0.3) is 5.91 Å². The summed E-state index contributed by atoms with van der Waals surface area (Å²) in [4.78, 5) is 30.9. The third-order valence-electron chi connectivity index (χ3n) is 6.05. The van der Waals surface area contributed by atoms with Crippen molar-refractivity contribution in [2.24, 2.45) is 0 Å². The molecule has 0 aromatic carbocycles. The number of furan rings is 1. The minimum atomic E-state index is -0.0204. The molecule has 30 heavy (non-hydrogen) atoms. The van der Waals surface area contributed by atoms with Crippen molar-refractivity contribution in [2.75, 3.05) is 36.4 Å². The standard InChI is InChI=1S/C22H26N6O2/c1-15-17(18-19(26-22(2)7-8-22)24-14-25-20(18)30-15)21(29)28-11-5-10-27(12-13-28)16-6-3-4-9-23-16/h3-4,6,9,14H,5,7-8,10-13H2,1-2H3,(H,24,25,26). The maximum atomic E-state index is 13.6. The zero-order chi connectivity index (χ0) is 20.7. The number of carbonyl (C=O) groups is 1. The lowest BCUT2D eigenvalue weighted by Crippen LogP contribution is -2.35. The Morgan fingerprint density at radius 2 is 2.00 bits per heavy atom. The van der Waals surface area contributed by atoms with Crippen molar-refractivity contribution in [1.29, 1.82) is 0 Å². The number of aryl methyl sites for hydroxylation is 1. The van der Waals surface area contributed by atoms with E-state index in [1.165, 1.54) is 6.33 Å². The molecule has 1 saturated carbocycles. The first-order valence-corrected chi connectivity index (χ1v) is 10.5. The summed E-state index contributed by atoms with van der Waals surface area (Å²) in [7, 11) is 0. The Kier molecular flexibility index (Phi) is 4.56. The number of aromatic nitrogens is 3. The predicted octanol–water partition coefficient (Wildman–Crippen LogP) is 3.24. The highest BCUT2D eigenvalue weighted by molar-refractivity contribution is 6.10. The Morgan fingerprint density at radius 3 is 2.77 bits per heavy atom. The molecule has 1 saturated heterocycles. The number of hydrogen-bond donors (Lipinski definition) is 1. The SMILES string of the molecule is Cc1oc2ncnc(NC3(C)CC3)c2c1C(=O)N1CCCN(c2ccccn2)CC1. The summed E-state index contributed by atoms with van der Waals surface area (Å²) in [5.41, 5.74) is 1.07. The maximum absolute atomic E-state index is 13.6. The molecule has 0 unspecified atom stereocenters. The fourth-order valence-corrected chi connectivity index (χ4v) is 4.04. The first kappa shape index (κ1) is 18.8. The monoisotopic (exact) mass is 406 g/mol. The summed E-state index contributed by atoms with van der Waals surface area (Å²) in [6.45, 7) is 6.95. The number of amides is 1. The Hall–Kier alpha value is -3.16. The summed E-state index contributed by atoms with van der Waals surface area (Å²) in [6.07, 6.45) is 6.36. The topological polar surface area (TPSA) is 87.4 Å². The van der Waals surface area contributed by atoms with Crippen molar-refractivity contribution in [3.8, 4) is 0 Å². The normalized spacial score (nSPS) is 18.3. The molecule has 8 nitrogen and oxygen atoms in total. The first-order valence-electron chi connectivity index (χ1n) is 10.5. The molecule has 0 bridgehead atoms. The van der Waals surface area contributed by atoms with Crippen LogP contribution in [0.25, 0.3) is 11.1 Å². The van der Waals surface area contributed by atoms with Gasteiger partial charge in [-0.1, -0.05) is 6.07 Å². The average Bonchev–Trinajstić information content (AvgIpc) is 3.44. The second-order valence-corrected chi connectivity index (χ2v) is 8.44. The fraction of sp³-hybridized carbons (Fsp3) is 0.455. The number of nitrogens with one attached hydrogen (secondary N) is 1. The van der Waals surface area contributed by atoms with Gasteiger partial charge in [-0.3, -0.25) is 4.79 Å². The van der Waals surface area contributed by atoms with Gasteiger partial charge in [-0.2, -0.15) is 0 Å². The zero-order valence-corrected chi connectivity index (χ0v) is 17.4. The van der Waals surface area contributed by atoms with E-state index in [-0.39, 0.29) is 11.4 Å². The van der Waals surface area contributed by atoms with Crippen LogP contribution < -0.4 is 10.2 Å². The summed E-state index contributed by atoms with van der Waals surface area (Å²) in [5, 5.41) is 4.18. The Labute approximate surface area is 175 Å². The van der Waals surface area contributed by atoms with Gasteiger partial charge in [-0.15, -0.1) is 0 Å². The third-order valence-corrected chi connectivity index (χ3v) is 6.05. The molecule has 2 aliphatic rings. The summed E-state index contributed by atoms with van der Waals surface area (Å²) < 4.78 is 5.85. The van der Waals surface area contributed by atoms with Crippen LogP contribution in [0.2, 0.25) is 0 Å². The van der Waals surface area contributed by atoms with Crippen LogP contribution in [0, 0.1) is 6.92 Å². The van der Waals surface area contributed by atoms with Crippen LogP contribution >= 0.6 is 0 Å². The van der Waals surface area contributed by atoms with E-state index in [2.05, 4.69) is 32.1 Å².